The molecule has 1 aliphatic rings. The van der Waals surface area contributed by atoms with Gasteiger partial charge in [0, 0.05) is 24.1 Å². The molecule has 0 unspecified atom stereocenters. The molecule has 1 aromatic heterocycles. The van der Waals surface area contributed by atoms with Gasteiger partial charge in [-0.25, -0.2) is 9.97 Å². The van der Waals surface area contributed by atoms with Crippen LogP contribution in [0.3, 0.4) is 0 Å². The third-order valence-electron chi connectivity index (χ3n) is 3.76. The standard InChI is InChI=1S/C19H15N3O4S/c1-27-19-20-9-12(10-21-19)18(23)22-13-2-4-14(5-3-13)26-15-6-7-16-17(8-15)25-11-24-16/h2-10H,11H2,1H3,(H,22,23). The molecule has 4 rings (SSSR count). The maximum absolute atomic E-state index is 12.2. The molecule has 0 bridgehead atoms. The number of anilines is 1. The number of fused-ring (bicyclic) bond motifs is 1. The monoisotopic (exact) mass is 381 g/mol. The number of carbonyl (C=O) groups excluding carboxylic acids is 1. The predicted octanol–water partition coefficient (Wildman–Crippen LogP) is 3.97. The molecule has 0 saturated carbocycles. The lowest BCUT2D eigenvalue weighted by molar-refractivity contribution is 0.102. The Labute approximate surface area is 159 Å². The van der Waals surface area contributed by atoms with Crippen LogP contribution in [0.2, 0.25) is 0 Å². The van der Waals surface area contributed by atoms with Crippen LogP contribution in [0.15, 0.2) is 60.0 Å². The average Bonchev–Trinajstić information content (AvgIpc) is 3.17. The largest absolute Gasteiger partial charge is 0.457 e. The van der Waals surface area contributed by atoms with Gasteiger partial charge in [-0.1, -0.05) is 11.8 Å². The normalized spacial score (nSPS) is 11.9. The lowest BCUT2D eigenvalue weighted by Crippen LogP contribution is -2.12. The van der Waals surface area contributed by atoms with E-state index in [1.807, 2.05) is 6.26 Å². The molecular weight excluding hydrogens is 366 g/mol. The summed E-state index contributed by atoms with van der Waals surface area (Å²) in [7, 11) is 0. The Morgan fingerprint density at radius 3 is 2.48 bits per heavy atom. The number of nitrogens with zero attached hydrogens (tertiary/aromatic N) is 2. The fourth-order valence-electron chi connectivity index (χ4n) is 2.42. The van der Waals surface area contributed by atoms with Crippen molar-refractivity contribution in [3.63, 3.8) is 0 Å². The molecule has 8 heteroatoms. The van der Waals surface area contributed by atoms with E-state index >= 15 is 0 Å². The Morgan fingerprint density at radius 2 is 1.74 bits per heavy atom. The van der Waals surface area contributed by atoms with Gasteiger partial charge in [0.15, 0.2) is 16.7 Å². The molecule has 3 aromatic rings. The summed E-state index contributed by atoms with van der Waals surface area (Å²) in [5.74, 6) is 2.37. The Balaban J connectivity index is 1.40. The molecule has 1 amide bonds. The summed E-state index contributed by atoms with van der Waals surface area (Å²) in [6.07, 6.45) is 4.89. The first-order valence-electron chi connectivity index (χ1n) is 8.06. The molecule has 0 saturated heterocycles. The molecule has 0 aliphatic carbocycles. The van der Waals surface area contributed by atoms with Gasteiger partial charge in [-0.3, -0.25) is 4.79 Å². The van der Waals surface area contributed by atoms with Gasteiger partial charge in [0.2, 0.25) is 6.79 Å². The molecular formula is C19H15N3O4S. The van der Waals surface area contributed by atoms with Crippen molar-refractivity contribution in [2.45, 2.75) is 5.16 Å². The van der Waals surface area contributed by atoms with Crippen LogP contribution in [0.4, 0.5) is 5.69 Å². The number of carbonyl (C=O) groups is 1. The summed E-state index contributed by atoms with van der Waals surface area (Å²) in [6.45, 7) is 0.220. The van der Waals surface area contributed by atoms with E-state index in [1.54, 1.807) is 42.5 Å². The Bertz CT molecular complexity index is 962. The van der Waals surface area contributed by atoms with Crippen LogP contribution < -0.4 is 19.5 Å². The summed E-state index contributed by atoms with van der Waals surface area (Å²) in [5, 5.41) is 3.42. The highest BCUT2D eigenvalue weighted by Crippen LogP contribution is 2.36. The topological polar surface area (TPSA) is 82.6 Å². The number of aromatic nitrogens is 2. The summed E-state index contributed by atoms with van der Waals surface area (Å²) in [6, 6.07) is 12.4. The van der Waals surface area contributed by atoms with Gasteiger partial charge >= 0.3 is 0 Å². The maximum Gasteiger partial charge on any atom is 0.258 e. The SMILES string of the molecule is CSc1ncc(C(=O)Nc2ccc(Oc3ccc4c(c3)OCO4)cc2)cn1. The van der Waals surface area contributed by atoms with Crippen LogP contribution in [-0.2, 0) is 0 Å². The summed E-state index contributed by atoms with van der Waals surface area (Å²) >= 11 is 1.42. The van der Waals surface area contributed by atoms with Gasteiger partial charge in [0.25, 0.3) is 5.91 Å². The zero-order chi connectivity index (χ0) is 18.6. The molecule has 1 N–H and O–H groups in total. The van der Waals surface area contributed by atoms with E-state index in [0.29, 0.717) is 39.4 Å². The molecule has 1 aliphatic heterocycles. The fraction of sp³-hybridized carbons (Fsp3) is 0.105. The van der Waals surface area contributed by atoms with Crippen LogP contribution in [0.25, 0.3) is 0 Å². The number of hydrogen-bond donors (Lipinski definition) is 1. The summed E-state index contributed by atoms with van der Waals surface area (Å²) in [4.78, 5) is 20.4. The maximum atomic E-state index is 12.2. The van der Waals surface area contributed by atoms with E-state index < -0.39 is 0 Å². The minimum atomic E-state index is -0.271. The average molecular weight is 381 g/mol. The number of rotatable bonds is 5. The molecule has 0 radical (unpaired) electrons. The number of nitrogens with one attached hydrogen (secondary N) is 1. The number of hydrogen-bond acceptors (Lipinski definition) is 7. The van der Waals surface area contributed by atoms with Gasteiger partial charge in [0.1, 0.15) is 11.5 Å². The molecule has 0 fully saturated rings. The van der Waals surface area contributed by atoms with Crippen molar-refractivity contribution < 1.29 is 19.0 Å². The highest BCUT2D eigenvalue weighted by Gasteiger charge is 2.14. The van der Waals surface area contributed by atoms with Crippen molar-refractivity contribution in [1.82, 2.24) is 9.97 Å². The molecule has 7 nitrogen and oxygen atoms in total. The van der Waals surface area contributed by atoms with Gasteiger partial charge in [-0.05, 0) is 42.7 Å². The first kappa shape index (κ1) is 17.2. The Hall–Kier alpha value is -3.26. The number of amides is 1. The minimum Gasteiger partial charge on any atom is -0.457 e. The van der Waals surface area contributed by atoms with Gasteiger partial charge in [-0.15, -0.1) is 0 Å². The van der Waals surface area contributed by atoms with Gasteiger partial charge in [-0.2, -0.15) is 0 Å². The van der Waals surface area contributed by atoms with Crippen LogP contribution in [0.5, 0.6) is 23.0 Å². The third kappa shape index (κ3) is 3.95. The zero-order valence-electron chi connectivity index (χ0n) is 14.3. The molecule has 0 spiro atoms. The first-order valence-corrected chi connectivity index (χ1v) is 9.29. The van der Waals surface area contributed by atoms with Crippen LogP contribution in [0.1, 0.15) is 10.4 Å². The number of thioether (sulfide) groups is 1. The second kappa shape index (κ2) is 7.55. The Kier molecular flexibility index (Phi) is 4.80. The van der Waals surface area contributed by atoms with E-state index in [4.69, 9.17) is 14.2 Å². The van der Waals surface area contributed by atoms with Gasteiger partial charge < -0.3 is 19.5 Å². The molecule has 0 atom stereocenters. The van der Waals surface area contributed by atoms with E-state index in [0.717, 1.165) is 0 Å². The van der Waals surface area contributed by atoms with Crippen LogP contribution in [0, 0.1) is 0 Å². The lowest BCUT2D eigenvalue weighted by atomic mass is 10.2. The molecule has 136 valence electrons. The molecule has 27 heavy (non-hydrogen) atoms. The number of ether oxygens (including phenoxy) is 3. The molecule has 2 aromatic carbocycles. The summed E-state index contributed by atoms with van der Waals surface area (Å²) in [5.41, 5.74) is 1.04. The van der Waals surface area contributed by atoms with Crippen molar-refractivity contribution in [3.8, 4) is 23.0 Å². The second-order valence-corrected chi connectivity index (χ2v) is 6.33. The quantitative estimate of drug-likeness (QED) is 0.529. The van der Waals surface area contributed by atoms with E-state index in [1.165, 1.54) is 24.2 Å². The van der Waals surface area contributed by atoms with Crippen LogP contribution in [-0.4, -0.2) is 28.9 Å². The Morgan fingerprint density at radius 1 is 1.04 bits per heavy atom. The van der Waals surface area contributed by atoms with E-state index in [2.05, 4.69) is 15.3 Å². The highest BCUT2D eigenvalue weighted by atomic mass is 32.2. The first-order chi connectivity index (χ1) is 13.2. The smallest absolute Gasteiger partial charge is 0.258 e. The fourth-order valence-corrected chi connectivity index (χ4v) is 2.74. The summed E-state index contributed by atoms with van der Waals surface area (Å²) < 4.78 is 16.4. The third-order valence-corrected chi connectivity index (χ3v) is 4.34. The van der Waals surface area contributed by atoms with Crippen molar-refractivity contribution in [3.05, 3.63) is 60.4 Å². The van der Waals surface area contributed by atoms with Crippen molar-refractivity contribution in [2.24, 2.45) is 0 Å². The van der Waals surface area contributed by atoms with Crippen molar-refractivity contribution >= 4 is 23.4 Å². The second-order valence-electron chi connectivity index (χ2n) is 5.55. The predicted molar refractivity (Wildman–Crippen MR) is 101 cm³/mol. The lowest BCUT2D eigenvalue weighted by Gasteiger charge is -2.08. The van der Waals surface area contributed by atoms with Crippen molar-refractivity contribution in [2.75, 3.05) is 18.4 Å². The minimum absolute atomic E-state index is 0.220. The molecule has 2 heterocycles. The van der Waals surface area contributed by atoms with Crippen molar-refractivity contribution in [1.29, 1.82) is 0 Å². The van der Waals surface area contributed by atoms with Crippen LogP contribution >= 0.6 is 11.8 Å². The van der Waals surface area contributed by atoms with E-state index in [-0.39, 0.29) is 12.7 Å². The van der Waals surface area contributed by atoms with Gasteiger partial charge in [0.05, 0.1) is 5.56 Å². The van der Waals surface area contributed by atoms with E-state index in [9.17, 15) is 4.79 Å². The zero-order valence-corrected chi connectivity index (χ0v) is 15.2. The number of benzene rings is 2. The highest BCUT2D eigenvalue weighted by molar-refractivity contribution is 7.98.